The van der Waals surface area contributed by atoms with Crippen molar-refractivity contribution in [2.45, 2.75) is 77.7 Å². The van der Waals surface area contributed by atoms with Gasteiger partial charge in [0.2, 0.25) is 11.8 Å². The van der Waals surface area contributed by atoms with Crippen molar-refractivity contribution in [3.05, 3.63) is 11.7 Å². The van der Waals surface area contributed by atoms with Crippen LogP contribution in [0.4, 0.5) is 0 Å². The number of nitrogens with two attached hydrogens (primary N) is 1. The van der Waals surface area contributed by atoms with E-state index in [2.05, 4.69) is 15.5 Å². The summed E-state index contributed by atoms with van der Waals surface area (Å²) >= 11 is 0. The first kappa shape index (κ1) is 21.9. The van der Waals surface area contributed by atoms with E-state index in [4.69, 9.17) is 10.3 Å². The van der Waals surface area contributed by atoms with Crippen LogP contribution in [0.3, 0.4) is 0 Å². The smallest absolute Gasteiger partial charge is 0.226 e. The summed E-state index contributed by atoms with van der Waals surface area (Å²) in [6.45, 7) is 10.7. The Morgan fingerprint density at radius 2 is 1.87 bits per heavy atom. The monoisotopic (exact) mass is 346 g/mol. The number of rotatable bonds is 8. The van der Waals surface area contributed by atoms with Gasteiger partial charge in [-0.25, -0.2) is 0 Å². The molecule has 6 nitrogen and oxygen atoms in total. The largest absolute Gasteiger partial charge is 0.354 e. The minimum absolute atomic E-state index is 0. The third-order valence-electron chi connectivity index (χ3n) is 3.98. The molecule has 1 rings (SSSR count). The summed E-state index contributed by atoms with van der Waals surface area (Å²) < 4.78 is 5.21. The van der Waals surface area contributed by atoms with Gasteiger partial charge < -0.3 is 15.6 Å². The Morgan fingerprint density at radius 1 is 1.26 bits per heavy atom. The van der Waals surface area contributed by atoms with Crippen molar-refractivity contribution in [2.75, 3.05) is 6.54 Å². The lowest BCUT2D eigenvalue weighted by molar-refractivity contribution is -0.121. The van der Waals surface area contributed by atoms with Crippen LogP contribution in [0.25, 0.3) is 0 Å². The maximum Gasteiger partial charge on any atom is 0.226 e. The molecule has 0 radical (unpaired) electrons. The summed E-state index contributed by atoms with van der Waals surface area (Å²) in [6.07, 6.45) is 3.44. The van der Waals surface area contributed by atoms with Gasteiger partial charge in [0.25, 0.3) is 0 Å². The van der Waals surface area contributed by atoms with Gasteiger partial charge >= 0.3 is 0 Å². The molecule has 0 aliphatic carbocycles. The van der Waals surface area contributed by atoms with Crippen molar-refractivity contribution >= 4 is 18.3 Å². The number of halogens is 1. The van der Waals surface area contributed by atoms with Crippen molar-refractivity contribution in [3.8, 4) is 0 Å². The van der Waals surface area contributed by atoms with E-state index >= 15 is 0 Å². The number of hydrogen-bond acceptors (Lipinski definition) is 5. The van der Waals surface area contributed by atoms with Gasteiger partial charge in [0.1, 0.15) is 0 Å². The van der Waals surface area contributed by atoms with E-state index in [0.717, 1.165) is 12.8 Å². The molecule has 0 fully saturated rings. The van der Waals surface area contributed by atoms with Crippen LogP contribution in [-0.4, -0.2) is 28.1 Å². The van der Waals surface area contributed by atoms with Crippen LogP contribution in [0.5, 0.6) is 0 Å². The lowest BCUT2D eigenvalue weighted by atomic mass is 9.94. The molecule has 1 heterocycles. The van der Waals surface area contributed by atoms with Crippen LogP contribution in [-0.2, 0) is 16.6 Å². The zero-order chi connectivity index (χ0) is 16.8. The van der Waals surface area contributed by atoms with Crippen LogP contribution >= 0.6 is 12.4 Å². The van der Waals surface area contributed by atoms with Crippen molar-refractivity contribution in [1.29, 1.82) is 0 Å². The number of hydrogen-bond donors (Lipinski definition) is 2. The zero-order valence-corrected chi connectivity index (χ0v) is 15.8. The molecule has 23 heavy (non-hydrogen) atoms. The molecule has 1 amide bonds. The number of carbonyl (C=O) groups excluding carboxylic acids is 1. The van der Waals surface area contributed by atoms with Crippen LogP contribution in [0.15, 0.2) is 4.52 Å². The second-order valence-electron chi connectivity index (χ2n) is 6.96. The summed E-state index contributed by atoms with van der Waals surface area (Å²) in [5.41, 5.74) is 5.74. The second-order valence-corrected chi connectivity index (χ2v) is 6.96. The Balaban J connectivity index is 0.00000484. The highest BCUT2D eigenvalue weighted by Gasteiger charge is 2.22. The second kappa shape index (κ2) is 9.23. The maximum atomic E-state index is 11.8. The molecule has 0 aromatic carbocycles. The van der Waals surface area contributed by atoms with Crippen LogP contribution in [0.2, 0.25) is 0 Å². The number of amides is 1. The summed E-state index contributed by atoms with van der Waals surface area (Å²) in [4.78, 5) is 16.2. The lowest BCUT2D eigenvalue weighted by Gasteiger charge is -2.26. The molecule has 0 saturated carbocycles. The quantitative estimate of drug-likeness (QED) is 0.754. The van der Waals surface area contributed by atoms with Gasteiger partial charge in [-0.2, -0.15) is 4.98 Å². The van der Waals surface area contributed by atoms with Gasteiger partial charge in [-0.05, 0) is 19.3 Å². The SMILES string of the molecule is CCC(N)(CC)CNC(=O)CCCc1nc(C(C)(C)C)no1.Cl. The third kappa shape index (κ3) is 7.31. The zero-order valence-electron chi connectivity index (χ0n) is 14.9. The van der Waals surface area contributed by atoms with Gasteiger partial charge in [0.15, 0.2) is 5.82 Å². The molecule has 0 bridgehead atoms. The Bertz CT molecular complexity index is 479. The van der Waals surface area contributed by atoms with E-state index in [0.29, 0.717) is 37.5 Å². The van der Waals surface area contributed by atoms with Gasteiger partial charge in [-0.15, -0.1) is 12.4 Å². The molecular formula is C16H31ClN4O2. The number of nitrogens with one attached hydrogen (secondary N) is 1. The van der Waals surface area contributed by atoms with Gasteiger partial charge in [0, 0.05) is 30.3 Å². The Hall–Kier alpha value is -1.14. The molecule has 0 aliphatic heterocycles. The first-order chi connectivity index (χ1) is 10.2. The van der Waals surface area contributed by atoms with Crippen molar-refractivity contribution in [2.24, 2.45) is 5.73 Å². The van der Waals surface area contributed by atoms with Crippen molar-refractivity contribution in [3.63, 3.8) is 0 Å². The minimum atomic E-state index is -0.302. The van der Waals surface area contributed by atoms with Crippen molar-refractivity contribution < 1.29 is 9.32 Å². The molecule has 0 aliphatic rings. The fourth-order valence-electron chi connectivity index (χ4n) is 1.92. The fraction of sp³-hybridized carbons (Fsp3) is 0.812. The summed E-state index contributed by atoms with van der Waals surface area (Å²) in [5.74, 6) is 1.31. The topological polar surface area (TPSA) is 94.0 Å². The number of carbonyl (C=O) groups is 1. The van der Waals surface area contributed by atoms with E-state index in [1.807, 2.05) is 34.6 Å². The number of nitrogens with zero attached hydrogens (tertiary/aromatic N) is 2. The number of aryl methyl sites for hydroxylation is 1. The summed E-state index contributed by atoms with van der Waals surface area (Å²) in [6, 6.07) is 0. The van der Waals surface area contributed by atoms with Crippen LogP contribution in [0, 0.1) is 0 Å². The van der Waals surface area contributed by atoms with E-state index in [-0.39, 0.29) is 29.3 Å². The molecule has 134 valence electrons. The Morgan fingerprint density at radius 3 is 2.35 bits per heavy atom. The molecule has 0 saturated heterocycles. The van der Waals surface area contributed by atoms with Gasteiger partial charge in [-0.3, -0.25) is 4.79 Å². The predicted octanol–water partition coefficient (Wildman–Crippen LogP) is 2.75. The highest BCUT2D eigenvalue weighted by molar-refractivity contribution is 5.85. The highest BCUT2D eigenvalue weighted by Crippen LogP contribution is 2.18. The van der Waals surface area contributed by atoms with E-state index < -0.39 is 0 Å². The van der Waals surface area contributed by atoms with Crippen LogP contribution in [0.1, 0.15) is 72.0 Å². The molecule has 0 unspecified atom stereocenters. The average molecular weight is 347 g/mol. The first-order valence-corrected chi connectivity index (χ1v) is 8.09. The summed E-state index contributed by atoms with van der Waals surface area (Å²) in [5, 5.41) is 6.88. The van der Waals surface area contributed by atoms with Gasteiger partial charge in [-0.1, -0.05) is 39.8 Å². The van der Waals surface area contributed by atoms with Crippen LogP contribution < -0.4 is 11.1 Å². The minimum Gasteiger partial charge on any atom is -0.354 e. The molecular weight excluding hydrogens is 316 g/mol. The third-order valence-corrected chi connectivity index (χ3v) is 3.98. The number of aromatic nitrogens is 2. The normalized spacial score (nSPS) is 11.9. The lowest BCUT2D eigenvalue weighted by Crippen LogP contribution is -2.49. The van der Waals surface area contributed by atoms with E-state index in [9.17, 15) is 4.79 Å². The first-order valence-electron chi connectivity index (χ1n) is 8.09. The molecule has 7 heteroatoms. The summed E-state index contributed by atoms with van der Waals surface area (Å²) in [7, 11) is 0. The Labute approximate surface area is 145 Å². The van der Waals surface area contributed by atoms with E-state index in [1.54, 1.807) is 0 Å². The molecule has 1 aromatic rings. The maximum absolute atomic E-state index is 11.8. The molecule has 0 spiro atoms. The molecule has 3 N–H and O–H groups in total. The standard InChI is InChI=1S/C16H30N4O2.ClH/c1-6-16(17,7-2)11-18-12(21)9-8-10-13-19-14(20-22-13)15(3,4)5;/h6-11,17H2,1-5H3,(H,18,21);1H. The molecule has 0 atom stereocenters. The van der Waals surface area contributed by atoms with Crippen molar-refractivity contribution in [1.82, 2.24) is 15.5 Å². The predicted molar refractivity (Wildman–Crippen MR) is 93.7 cm³/mol. The van der Waals surface area contributed by atoms with E-state index in [1.165, 1.54) is 0 Å². The highest BCUT2D eigenvalue weighted by atomic mass is 35.5. The fourth-order valence-corrected chi connectivity index (χ4v) is 1.92. The molecule has 1 aromatic heterocycles. The Kier molecular flexibility index (Phi) is 8.77. The van der Waals surface area contributed by atoms with Gasteiger partial charge in [0.05, 0.1) is 0 Å². The average Bonchev–Trinajstić information content (AvgIpc) is 2.94.